The number of carbonyl (C=O) groups is 1. The molecule has 1 aromatic rings. The van der Waals surface area contributed by atoms with Crippen molar-refractivity contribution >= 4 is 41.7 Å². The fourth-order valence-corrected chi connectivity index (χ4v) is 4.28. The summed E-state index contributed by atoms with van der Waals surface area (Å²) in [7, 11) is 1.72. The molecule has 1 aromatic carbocycles. The lowest BCUT2D eigenvalue weighted by Crippen LogP contribution is -2.44. The van der Waals surface area contributed by atoms with Gasteiger partial charge in [-0.2, -0.15) is 0 Å². The number of benzene rings is 1. The second-order valence-corrected chi connectivity index (χ2v) is 9.55. The molecule has 0 aliphatic carbocycles. The summed E-state index contributed by atoms with van der Waals surface area (Å²) in [6.45, 7) is 12.9. The smallest absolute Gasteiger partial charge is 0.407 e. The Morgan fingerprint density at radius 2 is 1.94 bits per heavy atom. The highest BCUT2D eigenvalue weighted by molar-refractivity contribution is 14.0. The van der Waals surface area contributed by atoms with Crippen LogP contribution in [0, 0.1) is 5.92 Å². The summed E-state index contributed by atoms with van der Waals surface area (Å²) >= 11 is 0. The highest BCUT2D eigenvalue weighted by Crippen LogP contribution is 2.32. The maximum Gasteiger partial charge on any atom is 0.407 e. The maximum atomic E-state index is 12.1. The Balaban J connectivity index is 0.00000385. The monoisotopic (exact) mass is 573 g/mol. The number of anilines is 1. The highest BCUT2D eigenvalue weighted by Gasteiger charge is 2.29. The van der Waals surface area contributed by atoms with E-state index in [9.17, 15) is 4.79 Å². The van der Waals surface area contributed by atoms with Crippen molar-refractivity contribution in [3.05, 3.63) is 24.3 Å². The van der Waals surface area contributed by atoms with Gasteiger partial charge < -0.3 is 29.9 Å². The predicted molar refractivity (Wildman–Crippen MR) is 144 cm³/mol. The molecular formula is C24H40IN5O3. The minimum Gasteiger partial charge on any atom is -0.495 e. The standard InChI is InChI=1S/C24H39N5O3.HI/c1-6-25-22(29-14-12-19(17-29)27-23(30)32-24(2,3)4)26-15-18-11-13-28(16-18)20-9-7-8-10-21(20)31-5;/h7-10,18-19H,6,11-17H2,1-5H3,(H,25,26)(H,27,30);1H. The number of methoxy groups -OCH3 is 1. The Morgan fingerprint density at radius 3 is 2.64 bits per heavy atom. The predicted octanol–water partition coefficient (Wildman–Crippen LogP) is 3.70. The molecule has 9 heteroatoms. The van der Waals surface area contributed by atoms with Crippen LogP contribution in [0.3, 0.4) is 0 Å². The summed E-state index contributed by atoms with van der Waals surface area (Å²) in [5.74, 6) is 2.36. The van der Waals surface area contributed by atoms with Gasteiger partial charge in [-0.15, -0.1) is 24.0 Å². The number of alkyl carbamates (subject to hydrolysis) is 1. The molecule has 3 rings (SSSR count). The Labute approximate surface area is 215 Å². The van der Waals surface area contributed by atoms with Crippen LogP contribution in [0.15, 0.2) is 29.3 Å². The zero-order valence-electron chi connectivity index (χ0n) is 20.6. The molecule has 0 aromatic heterocycles. The van der Waals surface area contributed by atoms with E-state index in [1.165, 1.54) is 0 Å². The first-order valence-electron chi connectivity index (χ1n) is 11.7. The maximum absolute atomic E-state index is 12.1. The number of para-hydroxylation sites is 2. The molecule has 1 amide bonds. The third-order valence-corrected chi connectivity index (χ3v) is 5.75. The molecule has 8 nitrogen and oxygen atoms in total. The van der Waals surface area contributed by atoms with E-state index in [0.29, 0.717) is 5.92 Å². The van der Waals surface area contributed by atoms with Crippen molar-refractivity contribution in [1.29, 1.82) is 0 Å². The molecule has 2 N–H and O–H groups in total. The molecule has 2 fully saturated rings. The number of amides is 1. The molecule has 2 aliphatic heterocycles. The number of guanidine groups is 1. The van der Waals surface area contributed by atoms with Crippen molar-refractivity contribution < 1.29 is 14.3 Å². The number of aliphatic imine (C=N–C) groups is 1. The summed E-state index contributed by atoms with van der Waals surface area (Å²) in [5, 5.41) is 6.41. The number of carbonyl (C=O) groups excluding carboxylic acids is 1. The number of hydrogen-bond donors (Lipinski definition) is 2. The number of ether oxygens (including phenoxy) is 2. The van der Waals surface area contributed by atoms with Gasteiger partial charge in [-0.05, 0) is 58.6 Å². The number of nitrogens with one attached hydrogen (secondary N) is 2. The second-order valence-electron chi connectivity index (χ2n) is 9.55. The lowest BCUT2D eigenvalue weighted by Gasteiger charge is -2.24. The third-order valence-electron chi connectivity index (χ3n) is 5.75. The zero-order chi connectivity index (χ0) is 23.1. The van der Waals surface area contributed by atoms with Gasteiger partial charge in [0.15, 0.2) is 5.96 Å². The minimum absolute atomic E-state index is 0. The first-order chi connectivity index (χ1) is 15.3. The highest BCUT2D eigenvalue weighted by atomic mass is 127. The van der Waals surface area contributed by atoms with E-state index >= 15 is 0 Å². The van der Waals surface area contributed by atoms with Gasteiger partial charge in [0, 0.05) is 39.3 Å². The first-order valence-corrected chi connectivity index (χ1v) is 11.7. The lowest BCUT2D eigenvalue weighted by molar-refractivity contribution is 0.0507. The van der Waals surface area contributed by atoms with Crippen LogP contribution in [0.25, 0.3) is 0 Å². The molecule has 2 atom stereocenters. The molecule has 0 radical (unpaired) electrons. The molecule has 2 saturated heterocycles. The number of nitrogens with zero attached hydrogens (tertiary/aromatic N) is 3. The quantitative estimate of drug-likeness (QED) is 0.307. The van der Waals surface area contributed by atoms with Gasteiger partial charge in [0.05, 0.1) is 18.8 Å². The summed E-state index contributed by atoms with van der Waals surface area (Å²) < 4.78 is 10.9. The molecule has 0 bridgehead atoms. The van der Waals surface area contributed by atoms with Gasteiger partial charge in [-0.3, -0.25) is 4.99 Å². The van der Waals surface area contributed by atoms with Crippen molar-refractivity contribution in [2.75, 3.05) is 51.3 Å². The van der Waals surface area contributed by atoms with E-state index < -0.39 is 5.60 Å². The van der Waals surface area contributed by atoms with Crippen molar-refractivity contribution in [1.82, 2.24) is 15.5 Å². The molecule has 2 heterocycles. The lowest BCUT2D eigenvalue weighted by atomic mass is 10.1. The Bertz CT molecular complexity index is 799. The van der Waals surface area contributed by atoms with Crippen molar-refractivity contribution in [2.24, 2.45) is 10.9 Å². The van der Waals surface area contributed by atoms with E-state index in [0.717, 1.165) is 69.5 Å². The number of rotatable bonds is 6. The van der Waals surface area contributed by atoms with Gasteiger partial charge in [-0.1, -0.05) is 12.1 Å². The van der Waals surface area contributed by atoms with E-state index in [2.05, 4.69) is 39.5 Å². The van der Waals surface area contributed by atoms with Gasteiger partial charge in [0.1, 0.15) is 11.4 Å². The van der Waals surface area contributed by atoms with Crippen LogP contribution in [0.4, 0.5) is 10.5 Å². The molecule has 0 saturated carbocycles. The topological polar surface area (TPSA) is 78.4 Å². The molecule has 2 unspecified atom stereocenters. The summed E-state index contributed by atoms with van der Waals surface area (Å²) in [6, 6.07) is 8.27. The largest absolute Gasteiger partial charge is 0.495 e. The van der Waals surface area contributed by atoms with Crippen LogP contribution in [0.2, 0.25) is 0 Å². The molecule has 0 spiro atoms. The van der Waals surface area contributed by atoms with E-state index in [-0.39, 0.29) is 36.1 Å². The summed E-state index contributed by atoms with van der Waals surface area (Å²) in [6.07, 6.45) is 1.65. The zero-order valence-corrected chi connectivity index (χ0v) is 22.9. The van der Waals surface area contributed by atoms with E-state index in [1.54, 1.807) is 7.11 Å². The van der Waals surface area contributed by atoms with Crippen LogP contribution >= 0.6 is 24.0 Å². The first kappa shape index (κ1) is 27.3. The van der Waals surface area contributed by atoms with Gasteiger partial charge in [0.25, 0.3) is 0 Å². The van der Waals surface area contributed by atoms with E-state index in [1.807, 2.05) is 32.9 Å². The fourth-order valence-electron chi connectivity index (χ4n) is 4.28. The normalized spacial score (nSPS) is 20.9. The van der Waals surface area contributed by atoms with Crippen LogP contribution in [-0.4, -0.2) is 75.0 Å². The minimum atomic E-state index is -0.488. The number of likely N-dealkylation sites (tertiary alicyclic amines) is 1. The second kappa shape index (κ2) is 12.5. The summed E-state index contributed by atoms with van der Waals surface area (Å²) in [4.78, 5) is 21.7. The Hall–Kier alpha value is -1.91. The van der Waals surface area contributed by atoms with Gasteiger partial charge in [-0.25, -0.2) is 4.79 Å². The van der Waals surface area contributed by atoms with Gasteiger partial charge in [0.2, 0.25) is 0 Å². The summed E-state index contributed by atoms with van der Waals surface area (Å²) in [5.41, 5.74) is 0.668. The van der Waals surface area contributed by atoms with Crippen LogP contribution in [0.1, 0.15) is 40.5 Å². The Kier molecular flexibility index (Phi) is 10.4. The Morgan fingerprint density at radius 1 is 1.18 bits per heavy atom. The molecule has 2 aliphatic rings. The SMILES string of the molecule is CCNC(=NCC1CCN(c2ccccc2OC)C1)N1CCC(NC(=O)OC(C)(C)C)C1.I. The molecular weight excluding hydrogens is 533 g/mol. The van der Waals surface area contributed by atoms with Gasteiger partial charge >= 0.3 is 6.09 Å². The third kappa shape index (κ3) is 8.12. The van der Waals surface area contributed by atoms with Crippen molar-refractivity contribution in [3.63, 3.8) is 0 Å². The van der Waals surface area contributed by atoms with E-state index in [4.69, 9.17) is 14.5 Å². The van der Waals surface area contributed by atoms with Crippen molar-refractivity contribution in [2.45, 2.75) is 52.2 Å². The van der Waals surface area contributed by atoms with Crippen LogP contribution < -0.4 is 20.3 Å². The molecule has 33 heavy (non-hydrogen) atoms. The van der Waals surface area contributed by atoms with Crippen LogP contribution in [-0.2, 0) is 4.74 Å². The number of hydrogen-bond acceptors (Lipinski definition) is 5. The molecule has 186 valence electrons. The van der Waals surface area contributed by atoms with Crippen molar-refractivity contribution in [3.8, 4) is 5.75 Å². The van der Waals surface area contributed by atoms with Crippen LogP contribution in [0.5, 0.6) is 5.75 Å². The average molecular weight is 574 g/mol. The fraction of sp³-hybridized carbons (Fsp3) is 0.667. The number of halogens is 1. The average Bonchev–Trinajstić information content (AvgIpc) is 3.39.